The fraction of sp³-hybridized carbons (Fsp3) is 0.600. The minimum Gasteiger partial charge on any atom is -0.465 e. The van der Waals surface area contributed by atoms with E-state index in [1.54, 1.807) is 0 Å². The molecule has 1 aliphatic rings. The van der Waals surface area contributed by atoms with Crippen molar-refractivity contribution in [1.82, 2.24) is 5.32 Å². The van der Waals surface area contributed by atoms with Crippen molar-refractivity contribution in [3.63, 3.8) is 0 Å². The molecule has 0 radical (unpaired) electrons. The number of rotatable bonds is 1. The Hall–Kier alpha value is -0.800. The topological polar surface area (TPSA) is 34.4 Å². The summed E-state index contributed by atoms with van der Waals surface area (Å²) < 4.78 is 11.0. The molecular weight excluding hydrogens is 166 g/mol. The van der Waals surface area contributed by atoms with Gasteiger partial charge in [-0.05, 0) is 26.0 Å². The van der Waals surface area contributed by atoms with Crippen LogP contribution in [0.5, 0.6) is 0 Å². The van der Waals surface area contributed by atoms with Gasteiger partial charge in [0.25, 0.3) is 0 Å². The first-order valence-electron chi connectivity index (χ1n) is 4.67. The predicted octanol–water partition coefficient (Wildman–Crippen LogP) is 1.64. The van der Waals surface area contributed by atoms with Crippen molar-refractivity contribution in [1.29, 1.82) is 0 Å². The fourth-order valence-electron chi connectivity index (χ4n) is 1.51. The summed E-state index contributed by atoms with van der Waals surface area (Å²) in [6, 6.07) is 4.21. The first-order valence-corrected chi connectivity index (χ1v) is 4.67. The Balaban J connectivity index is 2.02. The van der Waals surface area contributed by atoms with Gasteiger partial charge < -0.3 is 14.5 Å². The van der Waals surface area contributed by atoms with E-state index in [0.717, 1.165) is 18.1 Å². The van der Waals surface area contributed by atoms with Crippen molar-refractivity contribution in [2.75, 3.05) is 13.2 Å². The van der Waals surface area contributed by atoms with Crippen LogP contribution in [0.1, 0.15) is 24.5 Å². The van der Waals surface area contributed by atoms with Crippen LogP contribution in [0.15, 0.2) is 16.5 Å². The van der Waals surface area contributed by atoms with Crippen molar-refractivity contribution in [2.45, 2.75) is 26.0 Å². The number of hydrogen-bond acceptors (Lipinski definition) is 3. The van der Waals surface area contributed by atoms with Gasteiger partial charge in [-0.15, -0.1) is 0 Å². The van der Waals surface area contributed by atoms with Crippen LogP contribution < -0.4 is 5.32 Å². The zero-order valence-corrected chi connectivity index (χ0v) is 8.04. The van der Waals surface area contributed by atoms with E-state index in [-0.39, 0.29) is 6.04 Å². The van der Waals surface area contributed by atoms with Crippen molar-refractivity contribution in [3.05, 3.63) is 23.7 Å². The highest BCUT2D eigenvalue weighted by molar-refractivity contribution is 5.10. The summed E-state index contributed by atoms with van der Waals surface area (Å²) in [6.07, 6.45) is 0.312. The molecule has 0 bridgehead atoms. The Morgan fingerprint density at radius 3 is 2.85 bits per heavy atom. The molecule has 0 amide bonds. The molecule has 3 nitrogen and oxygen atoms in total. The molecule has 0 saturated carbocycles. The average molecular weight is 181 g/mol. The number of aryl methyl sites for hydroxylation is 1. The second-order valence-corrected chi connectivity index (χ2v) is 3.55. The minimum atomic E-state index is 0.227. The Morgan fingerprint density at radius 2 is 2.31 bits per heavy atom. The summed E-state index contributed by atoms with van der Waals surface area (Å²) in [5.41, 5.74) is 0. The molecule has 0 aliphatic carbocycles. The van der Waals surface area contributed by atoms with Crippen LogP contribution >= 0.6 is 0 Å². The Bertz CT molecular complexity index is 274. The molecule has 13 heavy (non-hydrogen) atoms. The van der Waals surface area contributed by atoms with Crippen molar-refractivity contribution in [3.8, 4) is 0 Å². The van der Waals surface area contributed by atoms with Crippen LogP contribution in [-0.4, -0.2) is 19.3 Å². The molecule has 3 heteroatoms. The van der Waals surface area contributed by atoms with Gasteiger partial charge >= 0.3 is 0 Å². The molecule has 2 atom stereocenters. The van der Waals surface area contributed by atoms with E-state index in [9.17, 15) is 0 Å². The van der Waals surface area contributed by atoms with Crippen LogP contribution in [0.2, 0.25) is 0 Å². The van der Waals surface area contributed by atoms with Crippen molar-refractivity contribution < 1.29 is 9.15 Å². The Labute approximate surface area is 78.1 Å². The van der Waals surface area contributed by atoms with Gasteiger partial charge in [-0.3, -0.25) is 0 Å². The molecule has 2 unspecified atom stereocenters. The summed E-state index contributed by atoms with van der Waals surface area (Å²) in [5.74, 6) is 1.93. The fourth-order valence-corrected chi connectivity index (χ4v) is 1.51. The second-order valence-electron chi connectivity index (χ2n) is 3.55. The number of morpholine rings is 1. The first-order chi connectivity index (χ1) is 6.25. The molecule has 1 aromatic heterocycles. The van der Waals surface area contributed by atoms with Gasteiger partial charge in [-0.1, -0.05) is 0 Å². The summed E-state index contributed by atoms with van der Waals surface area (Å²) in [7, 11) is 0. The van der Waals surface area contributed by atoms with Gasteiger partial charge in [0.15, 0.2) is 0 Å². The molecule has 2 rings (SSSR count). The number of nitrogens with one attached hydrogen (secondary N) is 1. The van der Waals surface area contributed by atoms with Crippen LogP contribution in [0.3, 0.4) is 0 Å². The van der Waals surface area contributed by atoms with Crippen LogP contribution in [0.4, 0.5) is 0 Å². The lowest BCUT2D eigenvalue weighted by molar-refractivity contribution is 0.0100. The molecular formula is C10H15NO2. The highest BCUT2D eigenvalue weighted by Gasteiger charge is 2.21. The molecule has 1 N–H and O–H groups in total. The predicted molar refractivity (Wildman–Crippen MR) is 49.6 cm³/mol. The SMILES string of the molecule is Cc1ccc(C2COC(C)CN2)o1. The van der Waals surface area contributed by atoms with E-state index in [0.29, 0.717) is 12.7 Å². The zero-order chi connectivity index (χ0) is 9.26. The van der Waals surface area contributed by atoms with E-state index < -0.39 is 0 Å². The minimum absolute atomic E-state index is 0.227. The Morgan fingerprint density at radius 1 is 1.46 bits per heavy atom. The van der Waals surface area contributed by atoms with E-state index in [2.05, 4.69) is 12.2 Å². The third-order valence-corrected chi connectivity index (χ3v) is 2.30. The molecule has 2 heterocycles. The van der Waals surface area contributed by atoms with Crippen LogP contribution in [-0.2, 0) is 4.74 Å². The average Bonchev–Trinajstić information content (AvgIpc) is 2.53. The lowest BCUT2D eigenvalue weighted by atomic mass is 10.2. The van der Waals surface area contributed by atoms with E-state index in [1.165, 1.54) is 0 Å². The maximum absolute atomic E-state index is 5.53. The molecule has 0 aromatic carbocycles. The summed E-state index contributed by atoms with van der Waals surface area (Å²) in [5, 5.41) is 3.38. The van der Waals surface area contributed by atoms with Gasteiger partial charge in [0.2, 0.25) is 0 Å². The maximum Gasteiger partial charge on any atom is 0.123 e. The number of hydrogen-bond donors (Lipinski definition) is 1. The van der Waals surface area contributed by atoms with Gasteiger partial charge in [-0.25, -0.2) is 0 Å². The monoisotopic (exact) mass is 181 g/mol. The first kappa shape index (κ1) is 8.78. The highest BCUT2D eigenvalue weighted by atomic mass is 16.5. The van der Waals surface area contributed by atoms with Gasteiger partial charge in [0, 0.05) is 6.54 Å². The largest absolute Gasteiger partial charge is 0.465 e. The molecule has 0 spiro atoms. The molecule has 1 fully saturated rings. The third-order valence-electron chi connectivity index (χ3n) is 2.30. The molecule has 1 saturated heterocycles. The number of ether oxygens (including phenoxy) is 1. The van der Waals surface area contributed by atoms with Gasteiger partial charge in [0.05, 0.1) is 18.8 Å². The maximum atomic E-state index is 5.53. The molecule has 1 aliphatic heterocycles. The van der Waals surface area contributed by atoms with Crippen LogP contribution in [0.25, 0.3) is 0 Å². The highest BCUT2D eigenvalue weighted by Crippen LogP contribution is 2.19. The zero-order valence-electron chi connectivity index (χ0n) is 8.04. The van der Waals surface area contributed by atoms with E-state index in [4.69, 9.17) is 9.15 Å². The number of furan rings is 1. The van der Waals surface area contributed by atoms with Crippen molar-refractivity contribution >= 4 is 0 Å². The molecule has 72 valence electrons. The van der Waals surface area contributed by atoms with Gasteiger partial charge in [0.1, 0.15) is 11.5 Å². The Kier molecular flexibility index (Phi) is 2.38. The van der Waals surface area contributed by atoms with E-state index >= 15 is 0 Å². The quantitative estimate of drug-likeness (QED) is 0.715. The van der Waals surface area contributed by atoms with Gasteiger partial charge in [-0.2, -0.15) is 0 Å². The van der Waals surface area contributed by atoms with Crippen LogP contribution in [0, 0.1) is 6.92 Å². The standard InChI is InChI=1S/C10H15NO2/c1-7-3-4-10(13-7)9-6-12-8(2)5-11-9/h3-4,8-9,11H,5-6H2,1-2H3. The summed E-state index contributed by atoms with van der Waals surface area (Å²) in [6.45, 7) is 5.62. The second kappa shape index (κ2) is 3.52. The van der Waals surface area contributed by atoms with Crippen molar-refractivity contribution in [2.24, 2.45) is 0 Å². The van der Waals surface area contributed by atoms with E-state index in [1.807, 2.05) is 19.1 Å². The summed E-state index contributed by atoms with van der Waals surface area (Å²) >= 11 is 0. The normalized spacial score (nSPS) is 29.1. The lowest BCUT2D eigenvalue weighted by Crippen LogP contribution is -2.39. The summed E-state index contributed by atoms with van der Waals surface area (Å²) in [4.78, 5) is 0. The third kappa shape index (κ3) is 1.92. The smallest absolute Gasteiger partial charge is 0.123 e. The molecule has 1 aromatic rings. The lowest BCUT2D eigenvalue weighted by Gasteiger charge is -2.26.